The van der Waals surface area contributed by atoms with E-state index in [9.17, 15) is 4.79 Å². The van der Waals surface area contributed by atoms with Crippen molar-refractivity contribution >= 4 is 17.4 Å². The standard InChI is InChI=1S/C7H11ClO2/c1-5-2-6(4-10-5)7(9)3-8/h5-6H,2-4H2,1H3. The summed E-state index contributed by atoms with van der Waals surface area (Å²) in [5.41, 5.74) is 0. The lowest BCUT2D eigenvalue weighted by atomic mass is 10.0. The summed E-state index contributed by atoms with van der Waals surface area (Å²) in [6.45, 7) is 2.54. The molecular weight excluding hydrogens is 152 g/mol. The van der Waals surface area contributed by atoms with Gasteiger partial charge in [-0.15, -0.1) is 11.6 Å². The molecule has 10 heavy (non-hydrogen) atoms. The molecule has 0 aromatic heterocycles. The van der Waals surface area contributed by atoms with Crippen LogP contribution < -0.4 is 0 Å². The van der Waals surface area contributed by atoms with E-state index in [0.717, 1.165) is 6.42 Å². The Kier molecular flexibility index (Phi) is 2.69. The van der Waals surface area contributed by atoms with E-state index in [4.69, 9.17) is 16.3 Å². The van der Waals surface area contributed by atoms with E-state index in [1.807, 2.05) is 6.92 Å². The van der Waals surface area contributed by atoms with Crippen molar-refractivity contribution in [1.29, 1.82) is 0 Å². The molecule has 0 aromatic carbocycles. The molecule has 0 bridgehead atoms. The highest BCUT2D eigenvalue weighted by molar-refractivity contribution is 6.27. The molecule has 58 valence electrons. The maximum Gasteiger partial charge on any atom is 0.153 e. The van der Waals surface area contributed by atoms with Crippen LogP contribution in [0.4, 0.5) is 0 Å². The lowest BCUT2D eigenvalue weighted by Crippen LogP contribution is -2.15. The first kappa shape index (κ1) is 8.02. The number of rotatable bonds is 2. The summed E-state index contributed by atoms with van der Waals surface area (Å²) < 4.78 is 5.21. The number of ketones is 1. The van der Waals surface area contributed by atoms with Crippen molar-refractivity contribution < 1.29 is 9.53 Å². The average Bonchev–Trinajstić information content (AvgIpc) is 2.34. The summed E-state index contributed by atoms with van der Waals surface area (Å²) in [5, 5.41) is 0. The molecule has 0 N–H and O–H groups in total. The van der Waals surface area contributed by atoms with Crippen LogP contribution in [-0.4, -0.2) is 24.4 Å². The molecular formula is C7H11ClO2. The minimum absolute atomic E-state index is 0.0625. The molecule has 2 unspecified atom stereocenters. The molecule has 1 fully saturated rings. The molecule has 0 aromatic rings. The molecule has 0 saturated carbocycles. The topological polar surface area (TPSA) is 26.3 Å². The highest BCUT2D eigenvalue weighted by Crippen LogP contribution is 2.19. The van der Waals surface area contributed by atoms with Crippen LogP contribution in [0.3, 0.4) is 0 Å². The van der Waals surface area contributed by atoms with Gasteiger partial charge >= 0.3 is 0 Å². The molecule has 2 atom stereocenters. The minimum Gasteiger partial charge on any atom is -0.378 e. The van der Waals surface area contributed by atoms with Gasteiger partial charge < -0.3 is 4.74 Å². The Balaban J connectivity index is 2.37. The smallest absolute Gasteiger partial charge is 0.153 e. The van der Waals surface area contributed by atoms with Crippen LogP contribution in [0.25, 0.3) is 0 Å². The number of carbonyl (C=O) groups is 1. The minimum atomic E-state index is 0.0625. The van der Waals surface area contributed by atoms with E-state index in [1.54, 1.807) is 0 Å². The molecule has 0 amide bonds. The molecule has 1 aliphatic heterocycles. The van der Waals surface area contributed by atoms with E-state index < -0.39 is 0 Å². The van der Waals surface area contributed by atoms with Crippen molar-refractivity contribution in [2.45, 2.75) is 19.4 Å². The maximum absolute atomic E-state index is 10.9. The van der Waals surface area contributed by atoms with E-state index in [2.05, 4.69) is 0 Å². The molecule has 2 nitrogen and oxygen atoms in total. The Labute approximate surface area is 65.5 Å². The van der Waals surface area contributed by atoms with Crippen molar-refractivity contribution in [2.24, 2.45) is 5.92 Å². The molecule has 3 heteroatoms. The van der Waals surface area contributed by atoms with Crippen molar-refractivity contribution in [3.05, 3.63) is 0 Å². The van der Waals surface area contributed by atoms with Crippen LogP contribution in [0.5, 0.6) is 0 Å². The number of alkyl halides is 1. The van der Waals surface area contributed by atoms with Crippen LogP contribution in [-0.2, 0) is 9.53 Å². The number of hydrogen-bond donors (Lipinski definition) is 0. The largest absolute Gasteiger partial charge is 0.378 e. The zero-order valence-corrected chi connectivity index (χ0v) is 6.73. The second-order valence-electron chi connectivity index (χ2n) is 2.68. The fourth-order valence-electron chi connectivity index (χ4n) is 1.15. The zero-order valence-electron chi connectivity index (χ0n) is 5.97. The van der Waals surface area contributed by atoms with Gasteiger partial charge in [0.15, 0.2) is 5.78 Å². The van der Waals surface area contributed by atoms with Gasteiger partial charge in [0.25, 0.3) is 0 Å². The first-order valence-electron chi connectivity index (χ1n) is 3.44. The number of halogens is 1. The predicted octanol–water partition coefficient (Wildman–Crippen LogP) is 1.22. The summed E-state index contributed by atoms with van der Waals surface area (Å²) >= 11 is 5.37. The normalized spacial score (nSPS) is 32.6. The van der Waals surface area contributed by atoms with Crippen LogP contribution in [0.2, 0.25) is 0 Å². The SMILES string of the molecule is CC1CC(C(=O)CCl)CO1. The highest BCUT2D eigenvalue weighted by Gasteiger charge is 2.26. The first-order chi connectivity index (χ1) is 4.74. The molecule has 0 radical (unpaired) electrons. The van der Waals surface area contributed by atoms with Crippen LogP contribution >= 0.6 is 11.6 Å². The number of hydrogen-bond acceptors (Lipinski definition) is 2. The van der Waals surface area contributed by atoms with Gasteiger partial charge in [-0.1, -0.05) is 0 Å². The fourth-order valence-corrected chi connectivity index (χ4v) is 1.37. The summed E-state index contributed by atoms with van der Waals surface area (Å²) in [6, 6.07) is 0. The Morgan fingerprint density at radius 1 is 1.80 bits per heavy atom. The van der Waals surface area contributed by atoms with Gasteiger partial charge in [-0.25, -0.2) is 0 Å². The average molecular weight is 163 g/mol. The molecule has 1 saturated heterocycles. The van der Waals surface area contributed by atoms with Crippen molar-refractivity contribution in [1.82, 2.24) is 0 Å². The van der Waals surface area contributed by atoms with Crippen LogP contribution in [0.15, 0.2) is 0 Å². The predicted molar refractivity (Wildman–Crippen MR) is 39.2 cm³/mol. The molecule has 1 rings (SSSR count). The number of carbonyl (C=O) groups excluding carboxylic acids is 1. The zero-order chi connectivity index (χ0) is 7.56. The Morgan fingerprint density at radius 2 is 2.50 bits per heavy atom. The Hall–Kier alpha value is -0.0800. The van der Waals surface area contributed by atoms with E-state index in [-0.39, 0.29) is 23.7 Å². The van der Waals surface area contributed by atoms with Gasteiger partial charge in [0, 0.05) is 5.92 Å². The summed E-state index contributed by atoms with van der Waals surface area (Å²) in [4.78, 5) is 10.9. The lowest BCUT2D eigenvalue weighted by Gasteiger charge is -2.00. The van der Waals surface area contributed by atoms with Crippen LogP contribution in [0.1, 0.15) is 13.3 Å². The third-order valence-corrected chi connectivity index (χ3v) is 2.05. The quantitative estimate of drug-likeness (QED) is 0.571. The van der Waals surface area contributed by atoms with Crippen LogP contribution in [0, 0.1) is 5.92 Å². The molecule has 0 spiro atoms. The van der Waals surface area contributed by atoms with Crippen molar-refractivity contribution in [2.75, 3.05) is 12.5 Å². The lowest BCUT2D eigenvalue weighted by molar-refractivity contribution is -0.120. The summed E-state index contributed by atoms with van der Waals surface area (Å²) in [6.07, 6.45) is 1.07. The second-order valence-corrected chi connectivity index (χ2v) is 2.94. The third-order valence-electron chi connectivity index (χ3n) is 1.79. The second kappa shape index (κ2) is 3.35. The summed E-state index contributed by atoms with van der Waals surface area (Å²) in [7, 11) is 0. The van der Waals surface area contributed by atoms with E-state index in [0.29, 0.717) is 6.61 Å². The third kappa shape index (κ3) is 1.70. The molecule has 0 aliphatic carbocycles. The number of ether oxygens (including phenoxy) is 1. The fraction of sp³-hybridized carbons (Fsp3) is 0.857. The van der Waals surface area contributed by atoms with E-state index in [1.165, 1.54) is 0 Å². The van der Waals surface area contributed by atoms with Gasteiger partial charge in [0.05, 0.1) is 18.6 Å². The molecule has 1 heterocycles. The van der Waals surface area contributed by atoms with Gasteiger partial charge in [-0.05, 0) is 13.3 Å². The Bertz CT molecular complexity index is 136. The van der Waals surface area contributed by atoms with Crippen molar-refractivity contribution in [3.63, 3.8) is 0 Å². The molecule has 1 aliphatic rings. The monoisotopic (exact) mass is 162 g/mol. The van der Waals surface area contributed by atoms with E-state index >= 15 is 0 Å². The van der Waals surface area contributed by atoms with Gasteiger partial charge in [-0.3, -0.25) is 4.79 Å². The van der Waals surface area contributed by atoms with Gasteiger partial charge in [0.1, 0.15) is 0 Å². The maximum atomic E-state index is 10.9. The van der Waals surface area contributed by atoms with Gasteiger partial charge in [0.2, 0.25) is 0 Å². The Morgan fingerprint density at radius 3 is 2.90 bits per heavy atom. The van der Waals surface area contributed by atoms with Crippen molar-refractivity contribution in [3.8, 4) is 0 Å². The summed E-state index contributed by atoms with van der Waals surface area (Å²) in [5.74, 6) is 0.305. The number of Topliss-reactive ketones (excluding diaryl/α,β-unsaturated/α-hetero) is 1. The highest BCUT2D eigenvalue weighted by atomic mass is 35.5. The first-order valence-corrected chi connectivity index (χ1v) is 3.97. The van der Waals surface area contributed by atoms with Gasteiger partial charge in [-0.2, -0.15) is 0 Å².